The van der Waals surface area contributed by atoms with Gasteiger partial charge in [0.1, 0.15) is 0 Å². The number of hydrogen-bond acceptors (Lipinski definition) is 2. The van der Waals surface area contributed by atoms with E-state index in [2.05, 4.69) is 47.9 Å². The van der Waals surface area contributed by atoms with Crippen molar-refractivity contribution in [3.8, 4) is 0 Å². The Morgan fingerprint density at radius 2 is 1.94 bits per heavy atom. The molecule has 1 saturated carbocycles. The lowest BCUT2D eigenvalue weighted by Gasteiger charge is -2.23. The lowest BCUT2D eigenvalue weighted by atomic mass is 9.96. The van der Waals surface area contributed by atoms with Crippen molar-refractivity contribution in [2.45, 2.75) is 37.6 Å². The number of benzene rings is 1. The van der Waals surface area contributed by atoms with Crippen LogP contribution in [0.2, 0.25) is 0 Å². The maximum Gasteiger partial charge on any atom is 0.0171 e. The molecule has 1 saturated heterocycles. The van der Waals surface area contributed by atoms with E-state index in [0.29, 0.717) is 11.5 Å². The zero-order valence-electron chi connectivity index (χ0n) is 11.3. The molecule has 3 rings (SSSR count). The topological polar surface area (TPSA) is 24.1 Å². The average Bonchev–Trinajstić information content (AvgIpc) is 3.11. The van der Waals surface area contributed by atoms with Crippen LogP contribution in [0.4, 0.5) is 0 Å². The van der Waals surface area contributed by atoms with Crippen molar-refractivity contribution in [2.75, 3.05) is 19.6 Å². The molecule has 2 nitrogen and oxygen atoms in total. The summed E-state index contributed by atoms with van der Waals surface area (Å²) in [5.74, 6) is 0.881. The fourth-order valence-corrected chi connectivity index (χ4v) is 3.20. The van der Waals surface area contributed by atoms with E-state index in [4.69, 9.17) is 0 Å². The van der Waals surface area contributed by atoms with Gasteiger partial charge in [-0.1, -0.05) is 37.3 Å². The SMILES string of the molecule is C[C@]1(c2ccccc2)C[C@@H]1NCC1CCNCC1. The Labute approximate surface area is 110 Å². The molecule has 1 heterocycles. The predicted octanol–water partition coefficient (Wildman–Crippen LogP) is 2.31. The van der Waals surface area contributed by atoms with Crippen molar-refractivity contribution in [3.63, 3.8) is 0 Å². The van der Waals surface area contributed by atoms with Crippen LogP contribution in [-0.4, -0.2) is 25.7 Å². The number of piperidine rings is 1. The summed E-state index contributed by atoms with van der Waals surface area (Å²) in [6, 6.07) is 11.6. The summed E-state index contributed by atoms with van der Waals surface area (Å²) in [4.78, 5) is 0. The van der Waals surface area contributed by atoms with Gasteiger partial charge in [0.25, 0.3) is 0 Å². The largest absolute Gasteiger partial charge is 0.317 e. The molecule has 2 heteroatoms. The molecular weight excluding hydrogens is 220 g/mol. The quantitative estimate of drug-likeness (QED) is 0.849. The second kappa shape index (κ2) is 5.02. The van der Waals surface area contributed by atoms with Crippen molar-refractivity contribution < 1.29 is 0 Å². The molecule has 2 N–H and O–H groups in total. The summed E-state index contributed by atoms with van der Waals surface area (Å²) in [6.45, 7) is 6.00. The van der Waals surface area contributed by atoms with E-state index in [0.717, 1.165) is 5.92 Å². The molecular formula is C16H24N2. The highest BCUT2D eigenvalue weighted by Crippen LogP contribution is 2.47. The first-order valence-corrected chi connectivity index (χ1v) is 7.29. The maximum absolute atomic E-state index is 3.79. The monoisotopic (exact) mass is 244 g/mol. The summed E-state index contributed by atoms with van der Waals surface area (Å²) in [6.07, 6.45) is 3.96. The van der Waals surface area contributed by atoms with Gasteiger partial charge in [-0.3, -0.25) is 0 Å². The second-order valence-electron chi connectivity index (χ2n) is 6.14. The molecule has 1 aliphatic heterocycles. The molecule has 2 fully saturated rings. The Bertz CT molecular complexity index is 383. The van der Waals surface area contributed by atoms with Crippen LogP contribution in [0.25, 0.3) is 0 Å². The average molecular weight is 244 g/mol. The van der Waals surface area contributed by atoms with Gasteiger partial charge >= 0.3 is 0 Å². The Kier molecular flexibility index (Phi) is 3.40. The van der Waals surface area contributed by atoms with Gasteiger partial charge in [0.15, 0.2) is 0 Å². The summed E-state index contributed by atoms with van der Waals surface area (Å²) in [5.41, 5.74) is 1.88. The van der Waals surface area contributed by atoms with E-state index in [1.54, 1.807) is 0 Å². The van der Waals surface area contributed by atoms with Gasteiger partial charge in [-0.05, 0) is 50.4 Å². The molecule has 0 amide bonds. The molecule has 98 valence electrons. The highest BCUT2D eigenvalue weighted by Gasteiger charge is 2.50. The zero-order valence-corrected chi connectivity index (χ0v) is 11.3. The summed E-state index contributed by atoms with van der Waals surface area (Å²) in [7, 11) is 0. The second-order valence-corrected chi connectivity index (χ2v) is 6.14. The van der Waals surface area contributed by atoms with Crippen molar-refractivity contribution in [3.05, 3.63) is 35.9 Å². The third-order valence-corrected chi connectivity index (χ3v) is 4.78. The summed E-state index contributed by atoms with van der Waals surface area (Å²) < 4.78 is 0. The minimum absolute atomic E-state index is 0.383. The van der Waals surface area contributed by atoms with Gasteiger partial charge in [-0.2, -0.15) is 0 Å². The van der Waals surface area contributed by atoms with E-state index in [9.17, 15) is 0 Å². The van der Waals surface area contributed by atoms with E-state index >= 15 is 0 Å². The van der Waals surface area contributed by atoms with E-state index < -0.39 is 0 Å². The van der Waals surface area contributed by atoms with E-state index in [1.807, 2.05) is 0 Å². The number of rotatable bonds is 4. The fraction of sp³-hybridized carbons (Fsp3) is 0.625. The van der Waals surface area contributed by atoms with Crippen molar-refractivity contribution in [1.82, 2.24) is 10.6 Å². The zero-order chi connectivity index (χ0) is 12.4. The van der Waals surface area contributed by atoms with Crippen LogP contribution in [0.1, 0.15) is 31.7 Å². The molecule has 1 aliphatic carbocycles. The molecule has 1 aromatic rings. The first-order valence-electron chi connectivity index (χ1n) is 7.29. The van der Waals surface area contributed by atoms with E-state index in [-0.39, 0.29) is 0 Å². The molecule has 0 aromatic heterocycles. The molecule has 0 bridgehead atoms. The Morgan fingerprint density at radius 1 is 1.22 bits per heavy atom. The van der Waals surface area contributed by atoms with Crippen LogP contribution in [0.5, 0.6) is 0 Å². The lowest BCUT2D eigenvalue weighted by Crippen LogP contribution is -2.35. The first-order chi connectivity index (χ1) is 8.79. The minimum atomic E-state index is 0.383. The number of nitrogens with one attached hydrogen (secondary N) is 2. The van der Waals surface area contributed by atoms with Crippen LogP contribution in [-0.2, 0) is 5.41 Å². The molecule has 0 radical (unpaired) electrons. The van der Waals surface area contributed by atoms with Crippen molar-refractivity contribution in [1.29, 1.82) is 0 Å². The Balaban J connectivity index is 1.51. The highest BCUT2D eigenvalue weighted by molar-refractivity contribution is 5.34. The molecule has 2 aliphatic rings. The molecule has 0 unspecified atom stereocenters. The lowest BCUT2D eigenvalue weighted by molar-refractivity contribution is 0.352. The predicted molar refractivity (Wildman–Crippen MR) is 75.8 cm³/mol. The molecule has 18 heavy (non-hydrogen) atoms. The van der Waals surface area contributed by atoms with Gasteiger partial charge in [0.2, 0.25) is 0 Å². The van der Waals surface area contributed by atoms with Crippen LogP contribution in [0, 0.1) is 5.92 Å². The minimum Gasteiger partial charge on any atom is -0.317 e. The smallest absolute Gasteiger partial charge is 0.0171 e. The van der Waals surface area contributed by atoms with Gasteiger partial charge in [0.05, 0.1) is 0 Å². The summed E-state index contributed by atoms with van der Waals surface area (Å²) >= 11 is 0. The fourth-order valence-electron chi connectivity index (χ4n) is 3.20. The third-order valence-electron chi connectivity index (χ3n) is 4.78. The standard InChI is InChI=1S/C16H24N2/c1-16(14-5-3-2-4-6-14)11-15(16)18-12-13-7-9-17-10-8-13/h2-6,13,15,17-18H,7-12H2,1H3/t15-,16+/m0/s1. The highest BCUT2D eigenvalue weighted by atomic mass is 15.0. The van der Waals surface area contributed by atoms with Crippen molar-refractivity contribution in [2.24, 2.45) is 5.92 Å². The molecule has 0 spiro atoms. The Morgan fingerprint density at radius 3 is 2.67 bits per heavy atom. The van der Waals surface area contributed by atoms with Crippen LogP contribution < -0.4 is 10.6 Å². The van der Waals surface area contributed by atoms with Crippen LogP contribution in [0.15, 0.2) is 30.3 Å². The van der Waals surface area contributed by atoms with Crippen LogP contribution in [0.3, 0.4) is 0 Å². The van der Waals surface area contributed by atoms with Crippen LogP contribution >= 0.6 is 0 Å². The Hall–Kier alpha value is -0.860. The first kappa shape index (κ1) is 12.2. The molecule has 1 aromatic carbocycles. The molecule has 2 atom stereocenters. The van der Waals surface area contributed by atoms with Gasteiger partial charge in [0, 0.05) is 11.5 Å². The van der Waals surface area contributed by atoms with E-state index in [1.165, 1.54) is 44.5 Å². The van der Waals surface area contributed by atoms with Gasteiger partial charge < -0.3 is 10.6 Å². The normalized spacial score (nSPS) is 32.4. The number of hydrogen-bond donors (Lipinski definition) is 2. The summed E-state index contributed by atoms with van der Waals surface area (Å²) in [5, 5.41) is 7.22. The van der Waals surface area contributed by atoms with Gasteiger partial charge in [-0.25, -0.2) is 0 Å². The maximum atomic E-state index is 3.79. The van der Waals surface area contributed by atoms with Gasteiger partial charge in [-0.15, -0.1) is 0 Å². The van der Waals surface area contributed by atoms with Crippen molar-refractivity contribution >= 4 is 0 Å². The third kappa shape index (κ3) is 2.45.